The average Bonchev–Trinajstić information content (AvgIpc) is 2.26. The van der Waals surface area contributed by atoms with Crippen molar-refractivity contribution >= 4 is 5.97 Å². The van der Waals surface area contributed by atoms with Gasteiger partial charge >= 0.3 is 12.1 Å². The standard InChI is InChI=1S/C9H8F3NO3/c1-16-8(15)5-2-3-6(13-4-5)7(14)9(10,11)12/h2-4,7,14H,1H3/t7-/m1/s1. The van der Waals surface area contributed by atoms with Crippen LogP contribution in [0.1, 0.15) is 22.2 Å². The van der Waals surface area contributed by atoms with E-state index in [-0.39, 0.29) is 5.56 Å². The van der Waals surface area contributed by atoms with Crippen molar-refractivity contribution in [3.05, 3.63) is 29.6 Å². The summed E-state index contributed by atoms with van der Waals surface area (Å²) in [4.78, 5) is 14.3. The van der Waals surface area contributed by atoms with Crippen LogP contribution in [0, 0.1) is 0 Å². The Morgan fingerprint density at radius 2 is 2.12 bits per heavy atom. The zero-order chi connectivity index (χ0) is 12.3. The summed E-state index contributed by atoms with van der Waals surface area (Å²) in [5, 5.41) is 8.84. The van der Waals surface area contributed by atoms with Crippen molar-refractivity contribution in [1.29, 1.82) is 0 Å². The molecule has 1 heterocycles. The third-order valence-corrected chi connectivity index (χ3v) is 1.80. The number of alkyl halides is 3. The largest absolute Gasteiger partial charge is 0.465 e. The number of rotatable bonds is 2. The maximum Gasteiger partial charge on any atom is 0.420 e. The van der Waals surface area contributed by atoms with Gasteiger partial charge in [0, 0.05) is 6.20 Å². The van der Waals surface area contributed by atoms with Crippen LogP contribution < -0.4 is 0 Å². The number of carbonyl (C=O) groups excluding carboxylic acids is 1. The number of carbonyl (C=O) groups is 1. The highest BCUT2D eigenvalue weighted by atomic mass is 19.4. The van der Waals surface area contributed by atoms with Gasteiger partial charge in [-0.2, -0.15) is 13.2 Å². The van der Waals surface area contributed by atoms with Crippen LogP contribution in [0.3, 0.4) is 0 Å². The number of esters is 1. The van der Waals surface area contributed by atoms with Gasteiger partial charge in [-0.15, -0.1) is 0 Å². The second kappa shape index (κ2) is 4.48. The number of aliphatic hydroxyl groups is 1. The van der Waals surface area contributed by atoms with Gasteiger partial charge in [-0.05, 0) is 12.1 Å². The van der Waals surface area contributed by atoms with Crippen molar-refractivity contribution in [2.24, 2.45) is 0 Å². The molecule has 1 aromatic rings. The molecule has 0 fully saturated rings. The molecular weight excluding hydrogens is 227 g/mol. The Morgan fingerprint density at radius 3 is 2.50 bits per heavy atom. The molecular formula is C9H8F3NO3. The van der Waals surface area contributed by atoms with Crippen molar-refractivity contribution in [2.45, 2.75) is 12.3 Å². The molecule has 1 aromatic heterocycles. The highest BCUT2D eigenvalue weighted by molar-refractivity contribution is 5.88. The Kier molecular flexibility index (Phi) is 3.48. The number of ether oxygens (including phenoxy) is 1. The molecule has 0 aliphatic carbocycles. The molecule has 0 radical (unpaired) electrons. The van der Waals surface area contributed by atoms with Crippen molar-refractivity contribution in [3.8, 4) is 0 Å². The van der Waals surface area contributed by atoms with Crippen LogP contribution in [-0.4, -0.2) is 29.3 Å². The molecule has 7 heteroatoms. The molecule has 0 unspecified atom stereocenters. The number of aliphatic hydroxyl groups excluding tert-OH is 1. The summed E-state index contributed by atoms with van der Waals surface area (Å²) >= 11 is 0. The van der Waals surface area contributed by atoms with E-state index in [1.807, 2.05) is 0 Å². The Balaban J connectivity index is 2.91. The SMILES string of the molecule is COC(=O)c1ccc([C@@H](O)C(F)(F)F)nc1. The van der Waals surface area contributed by atoms with Crippen LogP contribution in [0.5, 0.6) is 0 Å². The second-order valence-corrected chi connectivity index (χ2v) is 2.91. The van der Waals surface area contributed by atoms with Gasteiger partial charge in [-0.3, -0.25) is 4.98 Å². The van der Waals surface area contributed by atoms with E-state index >= 15 is 0 Å². The topological polar surface area (TPSA) is 59.4 Å². The van der Waals surface area contributed by atoms with Gasteiger partial charge in [-0.25, -0.2) is 4.79 Å². The first-order valence-corrected chi connectivity index (χ1v) is 4.15. The van der Waals surface area contributed by atoms with E-state index in [0.717, 1.165) is 25.4 Å². The smallest absolute Gasteiger partial charge is 0.420 e. The summed E-state index contributed by atoms with van der Waals surface area (Å²) in [6.07, 6.45) is -6.52. The van der Waals surface area contributed by atoms with Gasteiger partial charge in [0.15, 0.2) is 6.10 Å². The number of halogens is 3. The minimum Gasteiger partial charge on any atom is -0.465 e. The van der Waals surface area contributed by atoms with Crippen LogP contribution in [0.15, 0.2) is 18.3 Å². The number of pyridine rings is 1. The monoisotopic (exact) mass is 235 g/mol. The molecule has 16 heavy (non-hydrogen) atoms. The molecule has 0 amide bonds. The predicted octanol–water partition coefficient (Wildman–Crippen LogP) is 1.46. The fourth-order valence-corrected chi connectivity index (χ4v) is 0.973. The maximum atomic E-state index is 12.1. The zero-order valence-corrected chi connectivity index (χ0v) is 8.15. The van der Waals surface area contributed by atoms with Crippen molar-refractivity contribution in [3.63, 3.8) is 0 Å². The molecule has 0 spiro atoms. The van der Waals surface area contributed by atoms with E-state index in [0.29, 0.717) is 0 Å². The van der Waals surface area contributed by atoms with Gasteiger partial charge in [0.25, 0.3) is 0 Å². The number of hydrogen-bond donors (Lipinski definition) is 1. The first kappa shape index (κ1) is 12.4. The van der Waals surface area contributed by atoms with Crippen LogP contribution >= 0.6 is 0 Å². The van der Waals surface area contributed by atoms with Crippen LogP contribution in [0.25, 0.3) is 0 Å². The number of nitrogens with zero attached hydrogens (tertiary/aromatic N) is 1. The van der Waals surface area contributed by atoms with E-state index in [1.54, 1.807) is 0 Å². The van der Waals surface area contributed by atoms with Gasteiger partial charge in [-0.1, -0.05) is 0 Å². The number of methoxy groups -OCH3 is 1. The zero-order valence-electron chi connectivity index (χ0n) is 8.15. The molecule has 0 saturated heterocycles. The molecule has 0 bridgehead atoms. The molecule has 1 N–H and O–H groups in total. The number of hydrogen-bond acceptors (Lipinski definition) is 4. The highest BCUT2D eigenvalue weighted by Gasteiger charge is 2.40. The lowest BCUT2D eigenvalue weighted by atomic mass is 10.2. The van der Waals surface area contributed by atoms with E-state index in [9.17, 15) is 18.0 Å². The Labute approximate surface area is 88.7 Å². The van der Waals surface area contributed by atoms with Gasteiger partial charge in [0.1, 0.15) is 0 Å². The minimum atomic E-state index is -4.78. The first-order valence-electron chi connectivity index (χ1n) is 4.15. The fraction of sp³-hybridized carbons (Fsp3) is 0.333. The minimum absolute atomic E-state index is 0.0145. The Morgan fingerprint density at radius 1 is 1.50 bits per heavy atom. The van der Waals surface area contributed by atoms with Crippen LogP contribution in [-0.2, 0) is 4.74 Å². The summed E-state index contributed by atoms with van der Waals surface area (Å²) in [6, 6.07) is 2.02. The quantitative estimate of drug-likeness (QED) is 0.788. The Bertz CT molecular complexity index is 375. The second-order valence-electron chi connectivity index (χ2n) is 2.91. The summed E-state index contributed by atoms with van der Waals surface area (Å²) in [6.45, 7) is 0. The van der Waals surface area contributed by atoms with Crippen LogP contribution in [0.2, 0.25) is 0 Å². The molecule has 4 nitrogen and oxygen atoms in total. The fourth-order valence-electron chi connectivity index (χ4n) is 0.973. The van der Waals surface area contributed by atoms with E-state index in [4.69, 9.17) is 5.11 Å². The lowest BCUT2D eigenvalue weighted by Crippen LogP contribution is -2.21. The Hall–Kier alpha value is -1.63. The lowest BCUT2D eigenvalue weighted by Gasteiger charge is -2.13. The first-order chi connectivity index (χ1) is 7.36. The summed E-state index contributed by atoms with van der Waals surface area (Å²) < 4.78 is 40.6. The van der Waals surface area contributed by atoms with Crippen LogP contribution in [0.4, 0.5) is 13.2 Å². The molecule has 88 valence electrons. The average molecular weight is 235 g/mol. The van der Waals surface area contributed by atoms with E-state index in [1.165, 1.54) is 0 Å². The maximum absolute atomic E-state index is 12.1. The third-order valence-electron chi connectivity index (χ3n) is 1.80. The molecule has 1 atom stereocenters. The molecule has 0 aliphatic heterocycles. The van der Waals surface area contributed by atoms with Gasteiger partial charge in [0.05, 0.1) is 18.4 Å². The van der Waals surface area contributed by atoms with Crippen molar-refractivity contribution < 1.29 is 27.8 Å². The van der Waals surface area contributed by atoms with Crippen molar-refractivity contribution in [1.82, 2.24) is 4.98 Å². The summed E-state index contributed by atoms with van der Waals surface area (Å²) in [7, 11) is 1.14. The molecule has 0 saturated carbocycles. The normalized spacial score (nSPS) is 13.3. The molecule has 0 aromatic carbocycles. The van der Waals surface area contributed by atoms with E-state index in [2.05, 4.69) is 9.72 Å². The van der Waals surface area contributed by atoms with E-state index < -0.39 is 23.9 Å². The van der Waals surface area contributed by atoms with Crippen molar-refractivity contribution in [2.75, 3.05) is 7.11 Å². The third kappa shape index (κ3) is 2.69. The number of aromatic nitrogens is 1. The van der Waals surface area contributed by atoms with Gasteiger partial charge < -0.3 is 9.84 Å². The summed E-state index contributed by atoms with van der Waals surface area (Å²) in [5.41, 5.74) is -0.555. The highest BCUT2D eigenvalue weighted by Crippen LogP contribution is 2.31. The molecule has 1 rings (SSSR count). The predicted molar refractivity (Wildman–Crippen MR) is 46.6 cm³/mol. The summed E-state index contributed by atoms with van der Waals surface area (Å²) in [5.74, 6) is -0.708. The van der Waals surface area contributed by atoms with Gasteiger partial charge in [0.2, 0.25) is 0 Å². The molecule has 0 aliphatic rings. The lowest BCUT2D eigenvalue weighted by molar-refractivity contribution is -0.207.